The number of ether oxygens (including phenoxy) is 3. The predicted octanol–water partition coefficient (Wildman–Crippen LogP) is 5.26. The first kappa shape index (κ1) is 24.4. The summed E-state index contributed by atoms with van der Waals surface area (Å²) in [5, 5.41) is 10.2. The van der Waals surface area contributed by atoms with E-state index in [-0.39, 0.29) is 6.61 Å². The van der Waals surface area contributed by atoms with E-state index in [0.717, 1.165) is 11.3 Å². The molecule has 0 saturated carbocycles. The second-order valence-corrected chi connectivity index (χ2v) is 20.4. The molecule has 0 aliphatic heterocycles. The van der Waals surface area contributed by atoms with Crippen LogP contribution in [-0.4, -0.2) is 44.8 Å². The van der Waals surface area contributed by atoms with Gasteiger partial charge in [-0.15, -0.1) is 0 Å². The van der Waals surface area contributed by atoms with Gasteiger partial charge in [-0.3, -0.25) is 0 Å². The van der Waals surface area contributed by atoms with Crippen LogP contribution in [0.5, 0.6) is 17.2 Å². The Hall–Kier alpha value is -0.621. The maximum atomic E-state index is 10.2. The monoisotopic (exact) mass is 488 g/mol. The second-order valence-electron chi connectivity index (χ2n) is 7.43. The van der Waals surface area contributed by atoms with Crippen molar-refractivity contribution in [3.05, 3.63) is 11.6 Å². The third-order valence-electron chi connectivity index (χ3n) is 5.64. The van der Waals surface area contributed by atoms with E-state index in [2.05, 4.69) is 20.8 Å². The van der Waals surface area contributed by atoms with E-state index < -0.39 is 18.4 Å². The van der Waals surface area contributed by atoms with Crippen LogP contribution in [0.3, 0.4) is 0 Å². The van der Waals surface area contributed by atoms with Crippen molar-refractivity contribution in [2.45, 2.75) is 79.2 Å². The zero-order chi connectivity index (χ0) is 20.3. The molecule has 0 aliphatic rings. The van der Waals surface area contributed by atoms with Crippen molar-refractivity contribution in [2.75, 3.05) is 21.3 Å². The van der Waals surface area contributed by atoms with E-state index in [1.165, 1.54) is 55.4 Å². The Labute approximate surface area is 170 Å². The van der Waals surface area contributed by atoms with Gasteiger partial charge >= 0.3 is 171 Å². The molecule has 0 spiro atoms. The summed E-state index contributed by atoms with van der Waals surface area (Å²) in [5.41, 5.74) is 0.989. The van der Waals surface area contributed by atoms with Crippen LogP contribution in [0, 0.1) is 0 Å². The van der Waals surface area contributed by atoms with Gasteiger partial charge in [0.15, 0.2) is 0 Å². The first-order valence-corrected chi connectivity index (χ1v) is 18.0. The minimum absolute atomic E-state index is 0.0229. The molecule has 0 atom stereocenters. The van der Waals surface area contributed by atoms with Crippen LogP contribution in [0.25, 0.3) is 0 Å². The number of aliphatic hydroxyl groups is 1. The second kappa shape index (κ2) is 12.8. The van der Waals surface area contributed by atoms with Gasteiger partial charge in [0.1, 0.15) is 0 Å². The van der Waals surface area contributed by atoms with Crippen molar-refractivity contribution < 1.29 is 19.3 Å². The van der Waals surface area contributed by atoms with E-state index in [9.17, 15) is 5.11 Å². The Morgan fingerprint density at radius 3 is 1.59 bits per heavy atom. The average molecular weight is 487 g/mol. The van der Waals surface area contributed by atoms with Crippen molar-refractivity contribution in [1.82, 2.24) is 0 Å². The summed E-state index contributed by atoms with van der Waals surface area (Å²) in [7, 11) is 5.03. The van der Waals surface area contributed by atoms with Crippen LogP contribution in [0.4, 0.5) is 0 Å². The Bertz CT molecular complexity index is 538. The SMILES string of the molecule is CCC[CH2][Sn]([CH2]CCC)([CH2]CCC)[c]1c(CO)cc(OC)c(OC)c1OC. The van der Waals surface area contributed by atoms with E-state index in [0.29, 0.717) is 11.5 Å². The average Bonchev–Trinajstić information content (AvgIpc) is 2.71. The Kier molecular flexibility index (Phi) is 11.5. The number of aliphatic hydroxyl groups excluding tert-OH is 1. The molecule has 0 saturated heterocycles. The molecular formula is C22H40O4Sn. The fourth-order valence-corrected chi connectivity index (χ4v) is 21.7. The molecule has 0 radical (unpaired) electrons. The van der Waals surface area contributed by atoms with E-state index in [1.54, 1.807) is 21.3 Å². The number of unbranched alkanes of at least 4 members (excludes halogenated alkanes) is 3. The summed E-state index contributed by atoms with van der Waals surface area (Å²) < 4.78 is 22.4. The molecule has 0 amide bonds. The van der Waals surface area contributed by atoms with Gasteiger partial charge < -0.3 is 0 Å². The number of benzene rings is 1. The van der Waals surface area contributed by atoms with Crippen molar-refractivity contribution in [3.8, 4) is 17.2 Å². The number of hydrogen-bond acceptors (Lipinski definition) is 4. The predicted molar refractivity (Wildman–Crippen MR) is 117 cm³/mol. The summed E-state index contributed by atoms with van der Waals surface area (Å²) in [5.74, 6) is 2.14. The molecule has 0 aliphatic carbocycles. The molecule has 27 heavy (non-hydrogen) atoms. The third-order valence-corrected chi connectivity index (χ3v) is 21.5. The van der Waals surface area contributed by atoms with E-state index in [4.69, 9.17) is 14.2 Å². The Balaban J connectivity index is 3.74. The first-order chi connectivity index (χ1) is 13.1. The fraction of sp³-hybridized carbons (Fsp3) is 0.727. The summed E-state index contributed by atoms with van der Waals surface area (Å²) in [6.45, 7) is 6.84. The van der Waals surface area contributed by atoms with Crippen LogP contribution in [-0.2, 0) is 6.61 Å². The van der Waals surface area contributed by atoms with Gasteiger partial charge in [0.2, 0.25) is 0 Å². The molecule has 0 heterocycles. The molecule has 0 fully saturated rings. The van der Waals surface area contributed by atoms with Crippen molar-refractivity contribution in [2.24, 2.45) is 0 Å². The quantitative estimate of drug-likeness (QED) is 0.364. The molecule has 156 valence electrons. The van der Waals surface area contributed by atoms with Crippen LogP contribution < -0.4 is 17.8 Å². The number of hydrogen-bond donors (Lipinski definition) is 1. The third kappa shape index (κ3) is 5.93. The topological polar surface area (TPSA) is 47.9 Å². The Morgan fingerprint density at radius 1 is 0.778 bits per heavy atom. The first-order valence-electron chi connectivity index (χ1n) is 10.5. The van der Waals surface area contributed by atoms with E-state index >= 15 is 0 Å². The molecule has 5 heteroatoms. The summed E-state index contributed by atoms with van der Waals surface area (Å²) >= 11 is -2.82. The van der Waals surface area contributed by atoms with Gasteiger partial charge in [-0.1, -0.05) is 0 Å². The Morgan fingerprint density at radius 2 is 1.26 bits per heavy atom. The zero-order valence-corrected chi connectivity index (χ0v) is 21.2. The summed E-state index contributed by atoms with van der Waals surface area (Å²) in [4.78, 5) is 0. The number of methoxy groups -OCH3 is 3. The van der Waals surface area contributed by atoms with Gasteiger partial charge in [-0.2, -0.15) is 0 Å². The van der Waals surface area contributed by atoms with Gasteiger partial charge in [-0.05, 0) is 0 Å². The molecule has 1 rings (SSSR count). The van der Waals surface area contributed by atoms with Crippen LogP contribution in [0.2, 0.25) is 13.3 Å². The van der Waals surface area contributed by atoms with Crippen LogP contribution in [0.15, 0.2) is 6.07 Å². The van der Waals surface area contributed by atoms with Gasteiger partial charge in [0, 0.05) is 0 Å². The summed E-state index contributed by atoms with van der Waals surface area (Å²) in [6, 6.07) is 1.98. The number of rotatable bonds is 14. The van der Waals surface area contributed by atoms with Crippen LogP contribution >= 0.6 is 0 Å². The fourth-order valence-electron chi connectivity index (χ4n) is 4.21. The molecule has 0 bridgehead atoms. The van der Waals surface area contributed by atoms with Gasteiger partial charge in [0.05, 0.1) is 0 Å². The zero-order valence-electron chi connectivity index (χ0n) is 18.3. The standard InChI is InChI=1S/C10H13O4.3C4H9.Sn/c1-12-8-4-7(6-11)5-9(13-2)10(8)14-3;3*1-3-4-2;/h4,11H,6H2,1-3H3;3*1,3-4H2,2H3;. The molecule has 4 nitrogen and oxygen atoms in total. The molecular weight excluding hydrogens is 447 g/mol. The van der Waals surface area contributed by atoms with Crippen molar-refractivity contribution in [1.29, 1.82) is 0 Å². The molecule has 0 unspecified atom stereocenters. The van der Waals surface area contributed by atoms with Gasteiger partial charge in [-0.25, -0.2) is 0 Å². The van der Waals surface area contributed by atoms with Gasteiger partial charge in [0.25, 0.3) is 0 Å². The molecule has 0 aromatic heterocycles. The molecule has 1 aromatic carbocycles. The summed E-state index contributed by atoms with van der Waals surface area (Å²) in [6.07, 6.45) is 7.40. The minimum atomic E-state index is -2.82. The van der Waals surface area contributed by atoms with E-state index in [1.807, 2.05) is 6.07 Å². The molecule has 1 aromatic rings. The maximum absolute atomic E-state index is 10.2. The molecule has 1 N–H and O–H groups in total. The van der Waals surface area contributed by atoms with Crippen molar-refractivity contribution in [3.63, 3.8) is 0 Å². The van der Waals surface area contributed by atoms with Crippen molar-refractivity contribution >= 4 is 22.0 Å². The van der Waals surface area contributed by atoms with Crippen LogP contribution in [0.1, 0.15) is 64.9 Å². The normalized spacial score (nSPS) is 11.5.